The first kappa shape index (κ1) is 20.8. The molecule has 0 saturated carbocycles. The molecule has 1 aromatic rings. The number of hydrogen-bond acceptors (Lipinski definition) is 3. The van der Waals surface area contributed by atoms with Crippen LogP contribution in [-0.4, -0.2) is 30.6 Å². The van der Waals surface area contributed by atoms with Crippen LogP contribution in [0.3, 0.4) is 0 Å². The minimum atomic E-state index is -1.39. The van der Waals surface area contributed by atoms with Crippen molar-refractivity contribution < 1.29 is 18.7 Å². The number of benzene rings is 1. The Bertz CT molecular complexity index is 519. The van der Waals surface area contributed by atoms with Gasteiger partial charge in [-0.25, -0.2) is 8.78 Å². The third-order valence-corrected chi connectivity index (χ3v) is 4.52. The largest absolute Gasteiger partial charge is 0.386 e. The smallest absolute Gasteiger partial charge is 0.220 e. The van der Waals surface area contributed by atoms with Crippen molar-refractivity contribution in [2.75, 3.05) is 19.6 Å². The minimum Gasteiger partial charge on any atom is -0.386 e. The number of carbonyl (C=O) groups is 1. The number of piperidine rings is 1. The van der Waals surface area contributed by atoms with Crippen molar-refractivity contribution >= 4 is 18.3 Å². The predicted molar refractivity (Wildman–Crippen MR) is 91.0 cm³/mol. The van der Waals surface area contributed by atoms with Gasteiger partial charge in [0.15, 0.2) is 0 Å². The van der Waals surface area contributed by atoms with E-state index < -0.39 is 23.3 Å². The van der Waals surface area contributed by atoms with Crippen LogP contribution in [0, 0.1) is 23.5 Å². The van der Waals surface area contributed by atoms with Crippen LogP contribution >= 0.6 is 12.4 Å². The average Bonchev–Trinajstić information content (AvgIpc) is 2.53. The molecule has 136 valence electrons. The first-order valence-corrected chi connectivity index (χ1v) is 8.08. The fraction of sp³-hybridized carbons (Fsp3) is 0.588. The van der Waals surface area contributed by atoms with Gasteiger partial charge in [0, 0.05) is 13.0 Å². The molecule has 3 N–H and O–H groups in total. The molecule has 2 atom stereocenters. The molecule has 24 heavy (non-hydrogen) atoms. The van der Waals surface area contributed by atoms with Crippen molar-refractivity contribution in [2.24, 2.45) is 11.8 Å². The Morgan fingerprint density at radius 2 is 1.92 bits per heavy atom. The zero-order chi connectivity index (χ0) is 16.8. The molecule has 0 bridgehead atoms. The Labute approximate surface area is 147 Å². The Balaban J connectivity index is 0.00000288. The zero-order valence-corrected chi connectivity index (χ0v) is 14.5. The van der Waals surface area contributed by atoms with Crippen molar-refractivity contribution in [2.45, 2.75) is 32.3 Å². The standard InChI is InChI=1S/C17H24F2N2O2.ClH/c1-11(12-5-7-20-8-6-12)9-16(23)21-10-15(22)17-13(18)3-2-4-14(17)19;/h2-4,11-12,15,20,22H,5-10H2,1H3,(H,21,23);1H. The first-order chi connectivity index (χ1) is 11.0. The number of amides is 1. The summed E-state index contributed by atoms with van der Waals surface area (Å²) in [5.41, 5.74) is -0.404. The summed E-state index contributed by atoms with van der Waals surface area (Å²) in [5.74, 6) is -1.06. The van der Waals surface area contributed by atoms with E-state index in [0.29, 0.717) is 12.3 Å². The number of carbonyl (C=O) groups excluding carboxylic acids is 1. The molecule has 0 aliphatic carbocycles. The summed E-state index contributed by atoms with van der Waals surface area (Å²) in [6.07, 6.45) is 1.07. The van der Waals surface area contributed by atoms with E-state index >= 15 is 0 Å². The highest BCUT2D eigenvalue weighted by Gasteiger charge is 2.23. The van der Waals surface area contributed by atoms with Crippen LogP contribution in [-0.2, 0) is 4.79 Å². The summed E-state index contributed by atoms with van der Waals surface area (Å²) in [4.78, 5) is 12.0. The molecule has 0 aromatic heterocycles. The lowest BCUT2D eigenvalue weighted by Crippen LogP contribution is -2.34. The van der Waals surface area contributed by atoms with Gasteiger partial charge in [-0.15, -0.1) is 12.4 Å². The molecule has 1 aliphatic heterocycles. The van der Waals surface area contributed by atoms with Crippen LogP contribution < -0.4 is 10.6 Å². The molecule has 2 unspecified atom stereocenters. The van der Waals surface area contributed by atoms with Crippen LogP contribution in [0.15, 0.2) is 18.2 Å². The topological polar surface area (TPSA) is 61.4 Å². The van der Waals surface area contributed by atoms with Gasteiger partial charge in [0.25, 0.3) is 0 Å². The van der Waals surface area contributed by atoms with Gasteiger partial charge in [-0.2, -0.15) is 0 Å². The molecule has 1 aliphatic rings. The maximum absolute atomic E-state index is 13.6. The summed E-state index contributed by atoms with van der Waals surface area (Å²) in [7, 11) is 0. The van der Waals surface area contributed by atoms with Crippen LogP contribution in [0.5, 0.6) is 0 Å². The maximum atomic E-state index is 13.6. The molecule has 0 radical (unpaired) electrons. The lowest BCUT2D eigenvalue weighted by atomic mass is 9.84. The highest BCUT2D eigenvalue weighted by Crippen LogP contribution is 2.24. The van der Waals surface area contributed by atoms with Gasteiger partial charge in [0.05, 0.1) is 5.56 Å². The molecule has 2 rings (SSSR count). The fourth-order valence-electron chi connectivity index (χ4n) is 3.09. The first-order valence-electron chi connectivity index (χ1n) is 8.08. The van der Waals surface area contributed by atoms with E-state index in [9.17, 15) is 18.7 Å². The van der Waals surface area contributed by atoms with Gasteiger partial charge >= 0.3 is 0 Å². The van der Waals surface area contributed by atoms with Gasteiger partial charge in [-0.05, 0) is 49.9 Å². The van der Waals surface area contributed by atoms with E-state index in [-0.39, 0.29) is 30.8 Å². The molecule has 1 heterocycles. The van der Waals surface area contributed by atoms with E-state index in [1.54, 1.807) is 0 Å². The molecule has 4 nitrogen and oxygen atoms in total. The molecule has 1 amide bonds. The van der Waals surface area contributed by atoms with Gasteiger partial charge < -0.3 is 15.7 Å². The van der Waals surface area contributed by atoms with E-state index in [1.165, 1.54) is 6.07 Å². The highest BCUT2D eigenvalue weighted by molar-refractivity contribution is 5.85. The summed E-state index contributed by atoms with van der Waals surface area (Å²) < 4.78 is 27.1. The van der Waals surface area contributed by atoms with Gasteiger partial charge in [-0.1, -0.05) is 13.0 Å². The van der Waals surface area contributed by atoms with Crippen LogP contribution in [0.1, 0.15) is 37.9 Å². The molecule has 1 fully saturated rings. The number of aliphatic hydroxyl groups excluding tert-OH is 1. The zero-order valence-electron chi connectivity index (χ0n) is 13.7. The number of hydrogen-bond donors (Lipinski definition) is 3. The van der Waals surface area contributed by atoms with Crippen molar-refractivity contribution in [1.82, 2.24) is 10.6 Å². The summed E-state index contributed by atoms with van der Waals surface area (Å²) >= 11 is 0. The van der Waals surface area contributed by atoms with Crippen molar-refractivity contribution in [1.29, 1.82) is 0 Å². The monoisotopic (exact) mass is 362 g/mol. The average molecular weight is 363 g/mol. The van der Waals surface area contributed by atoms with E-state index in [2.05, 4.69) is 10.6 Å². The number of nitrogens with one attached hydrogen (secondary N) is 2. The van der Waals surface area contributed by atoms with E-state index in [4.69, 9.17) is 0 Å². The maximum Gasteiger partial charge on any atom is 0.220 e. The summed E-state index contributed by atoms with van der Waals surface area (Å²) in [6.45, 7) is 3.79. The predicted octanol–water partition coefficient (Wildman–Crippen LogP) is 2.56. The highest BCUT2D eigenvalue weighted by atomic mass is 35.5. The minimum absolute atomic E-state index is 0. The number of rotatable bonds is 6. The molecular weight excluding hydrogens is 338 g/mol. The Kier molecular flexibility index (Phi) is 8.59. The fourth-order valence-corrected chi connectivity index (χ4v) is 3.09. The summed E-state index contributed by atoms with van der Waals surface area (Å²) in [6, 6.07) is 3.41. The second kappa shape index (κ2) is 9.91. The Hall–Kier alpha value is -1.24. The van der Waals surface area contributed by atoms with Crippen molar-refractivity contribution in [3.63, 3.8) is 0 Å². The van der Waals surface area contributed by atoms with Crippen LogP contribution in [0.2, 0.25) is 0 Å². The molecule has 1 aromatic carbocycles. The molecular formula is C17H25ClF2N2O2. The number of halogens is 3. The molecule has 1 saturated heterocycles. The normalized spacial score (nSPS) is 17.7. The van der Waals surface area contributed by atoms with E-state index in [0.717, 1.165) is 38.1 Å². The van der Waals surface area contributed by atoms with Crippen LogP contribution in [0.25, 0.3) is 0 Å². The second-order valence-electron chi connectivity index (χ2n) is 6.22. The van der Waals surface area contributed by atoms with Gasteiger partial charge in [0.1, 0.15) is 17.7 Å². The molecule has 0 spiro atoms. The van der Waals surface area contributed by atoms with Gasteiger partial charge in [-0.3, -0.25) is 4.79 Å². The quantitative estimate of drug-likeness (QED) is 0.729. The van der Waals surface area contributed by atoms with E-state index in [1.807, 2.05) is 6.92 Å². The summed E-state index contributed by atoms with van der Waals surface area (Å²) in [5, 5.41) is 15.8. The lowest BCUT2D eigenvalue weighted by Gasteiger charge is -2.28. The van der Waals surface area contributed by atoms with Gasteiger partial charge in [0.2, 0.25) is 5.91 Å². The third kappa shape index (κ3) is 5.69. The Morgan fingerprint density at radius 1 is 1.33 bits per heavy atom. The molecule has 7 heteroatoms. The number of aliphatic hydroxyl groups is 1. The Morgan fingerprint density at radius 3 is 2.50 bits per heavy atom. The lowest BCUT2D eigenvalue weighted by molar-refractivity contribution is -0.122. The second-order valence-corrected chi connectivity index (χ2v) is 6.22. The third-order valence-electron chi connectivity index (χ3n) is 4.52. The van der Waals surface area contributed by atoms with Crippen LogP contribution in [0.4, 0.5) is 8.78 Å². The SMILES string of the molecule is CC(CC(=O)NCC(O)c1c(F)cccc1F)C1CCNCC1.Cl. The van der Waals surface area contributed by atoms with Crippen molar-refractivity contribution in [3.05, 3.63) is 35.4 Å². The van der Waals surface area contributed by atoms with Crippen molar-refractivity contribution in [3.8, 4) is 0 Å².